The minimum Gasteiger partial charge on any atom is -0.493 e. The van der Waals surface area contributed by atoms with Crippen LogP contribution in [0.1, 0.15) is 6.92 Å². The van der Waals surface area contributed by atoms with Crippen LogP contribution in [0.5, 0.6) is 17.2 Å². The summed E-state index contributed by atoms with van der Waals surface area (Å²) >= 11 is 0. The van der Waals surface area contributed by atoms with Crippen LogP contribution in [0.15, 0.2) is 12.1 Å². The molecule has 6 heteroatoms. The van der Waals surface area contributed by atoms with Crippen LogP contribution in [0.3, 0.4) is 0 Å². The molecule has 1 aromatic rings. The molecule has 1 N–H and O–H groups in total. The van der Waals surface area contributed by atoms with Crippen molar-refractivity contribution in [2.24, 2.45) is 0 Å². The second-order valence-corrected chi connectivity index (χ2v) is 3.26. The zero-order chi connectivity index (χ0) is 13.5. The van der Waals surface area contributed by atoms with Crippen LogP contribution in [0.25, 0.3) is 0 Å². The van der Waals surface area contributed by atoms with Gasteiger partial charge < -0.3 is 18.9 Å². The zero-order valence-corrected chi connectivity index (χ0v) is 10.9. The first-order chi connectivity index (χ1) is 8.65. The van der Waals surface area contributed by atoms with Crippen molar-refractivity contribution in [2.45, 2.75) is 6.92 Å². The maximum Gasteiger partial charge on any atom is 0.411 e. The van der Waals surface area contributed by atoms with Crippen LogP contribution in [0.2, 0.25) is 0 Å². The molecule has 6 nitrogen and oxygen atoms in total. The van der Waals surface area contributed by atoms with Gasteiger partial charge in [-0.25, -0.2) is 4.79 Å². The molecule has 1 rings (SSSR count). The van der Waals surface area contributed by atoms with Crippen LogP contribution in [0.4, 0.5) is 10.5 Å². The van der Waals surface area contributed by atoms with E-state index in [2.05, 4.69) is 5.32 Å². The zero-order valence-electron chi connectivity index (χ0n) is 10.9. The van der Waals surface area contributed by atoms with E-state index >= 15 is 0 Å². The first kappa shape index (κ1) is 14.0. The summed E-state index contributed by atoms with van der Waals surface area (Å²) in [7, 11) is 4.52. The van der Waals surface area contributed by atoms with E-state index in [0.717, 1.165) is 0 Å². The fourth-order valence-electron chi connectivity index (χ4n) is 1.44. The summed E-state index contributed by atoms with van der Waals surface area (Å²) in [6.07, 6.45) is -0.535. The van der Waals surface area contributed by atoms with Gasteiger partial charge in [0.1, 0.15) is 0 Å². The summed E-state index contributed by atoms with van der Waals surface area (Å²) < 4.78 is 20.3. The molecule has 0 saturated heterocycles. The highest BCUT2D eigenvalue weighted by Crippen LogP contribution is 2.39. The van der Waals surface area contributed by atoms with Crippen molar-refractivity contribution in [3.63, 3.8) is 0 Å². The third-order valence-electron chi connectivity index (χ3n) is 2.19. The Bertz CT molecular complexity index is 394. The highest BCUT2D eigenvalue weighted by atomic mass is 16.5. The highest BCUT2D eigenvalue weighted by molar-refractivity contribution is 5.85. The van der Waals surface area contributed by atoms with E-state index in [9.17, 15) is 4.79 Å². The molecule has 18 heavy (non-hydrogen) atoms. The minimum atomic E-state index is -0.535. The van der Waals surface area contributed by atoms with Gasteiger partial charge in [0.2, 0.25) is 5.75 Å². The molecule has 0 aromatic heterocycles. The van der Waals surface area contributed by atoms with Gasteiger partial charge in [-0.2, -0.15) is 0 Å². The first-order valence-corrected chi connectivity index (χ1v) is 5.40. The van der Waals surface area contributed by atoms with E-state index in [4.69, 9.17) is 18.9 Å². The number of anilines is 1. The van der Waals surface area contributed by atoms with Crippen molar-refractivity contribution in [3.8, 4) is 17.2 Å². The summed E-state index contributed by atoms with van der Waals surface area (Å²) in [4.78, 5) is 11.3. The lowest BCUT2D eigenvalue weighted by Gasteiger charge is -2.14. The maximum atomic E-state index is 11.3. The largest absolute Gasteiger partial charge is 0.493 e. The Morgan fingerprint density at radius 1 is 1.11 bits per heavy atom. The van der Waals surface area contributed by atoms with E-state index in [0.29, 0.717) is 29.5 Å². The Labute approximate surface area is 106 Å². The summed E-state index contributed by atoms with van der Waals surface area (Å²) in [6.45, 7) is 2.03. The van der Waals surface area contributed by atoms with Crippen LogP contribution in [0, 0.1) is 0 Å². The van der Waals surface area contributed by atoms with E-state index in [1.165, 1.54) is 21.3 Å². The minimum absolute atomic E-state index is 0.302. The van der Waals surface area contributed by atoms with Gasteiger partial charge >= 0.3 is 6.09 Å². The average Bonchev–Trinajstić information content (AvgIpc) is 2.37. The van der Waals surface area contributed by atoms with Crippen LogP contribution < -0.4 is 19.5 Å². The number of benzene rings is 1. The van der Waals surface area contributed by atoms with Gasteiger partial charge in [0.15, 0.2) is 11.5 Å². The number of hydrogen-bond donors (Lipinski definition) is 1. The summed E-state index contributed by atoms with van der Waals surface area (Å²) in [6, 6.07) is 3.25. The monoisotopic (exact) mass is 255 g/mol. The second kappa shape index (κ2) is 6.58. The molecule has 0 spiro atoms. The number of carbonyl (C=O) groups excluding carboxylic acids is 1. The number of amides is 1. The Hall–Kier alpha value is -2.11. The normalized spacial score (nSPS) is 9.56. The molecule has 100 valence electrons. The van der Waals surface area contributed by atoms with Gasteiger partial charge in [0.05, 0.1) is 33.6 Å². The van der Waals surface area contributed by atoms with Crippen molar-refractivity contribution in [1.82, 2.24) is 0 Å². The van der Waals surface area contributed by atoms with Crippen molar-refractivity contribution >= 4 is 11.8 Å². The Kier molecular flexibility index (Phi) is 5.10. The van der Waals surface area contributed by atoms with Crippen molar-refractivity contribution in [2.75, 3.05) is 33.3 Å². The third kappa shape index (κ3) is 3.19. The molecule has 0 unspecified atom stereocenters. The van der Waals surface area contributed by atoms with Gasteiger partial charge in [-0.15, -0.1) is 0 Å². The van der Waals surface area contributed by atoms with Gasteiger partial charge in [0, 0.05) is 12.1 Å². The lowest BCUT2D eigenvalue weighted by molar-refractivity contribution is 0.168. The molecular weight excluding hydrogens is 238 g/mol. The fraction of sp³-hybridized carbons (Fsp3) is 0.417. The maximum absolute atomic E-state index is 11.3. The lowest BCUT2D eigenvalue weighted by atomic mass is 10.2. The van der Waals surface area contributed by atoms with Crippen LogP contribution in [-0.4, -0.2) is 34.0 Å². The molecule has 0 bridgehead atoms. The third-order valence-corrected chi connectivity index (χ3v) is 2.19. The smallest absolute Gasteiger partial charge is 0.411 e. The molecule has 0 fully saturated rings. The lowest BCUT2D eigenvalue weighted by Crippen LogP contribution is -2.13. The summed E-state index contributed by atoms with van der Waals surface area (Å²) in [5.74, 6) is 1.39. The van der Waals surface area contributed by atoms with Crippen molar-refractivity contribution in [1.29, 1.82) is 0 Å². The molecule has 0 aliphatic heterocycles. The first-order valence-electron chi connectivity index (χ1n) is 5.40. The molecule has 0 radical (unpaired) electrons. The summed E-state index contributed by atoms with van der Waals surface area (Å²) in [5, 5.41) is 2.57. The van der Waals surface area contributed by atoms with E-state index in [-0.39, 0.29) is 0 Å². The molecule has 1 amide bonds. The highest BCUT2D eigenvalue weighted by Gasteiger charge is 2.14. The molecule has 0 saturated carbocycles. The molecular formula is C12H17NO5. The predicted molar refractivity (Wildman–Crippen MR) is 66.7 cm³/mol. The number of carbonyl (C=O) groups is 1. The number of rotatable bonds is 5. The average molecular weight is 255 g/mol. The van der Waals surface area contributed by atoms with Gasteiger partial charge in [-0.3, -0.25) is 5.32 Å². The van der Waals surface area contributed by atoms with Crippen molar-refractivity contribution < 1.29 is 23.7 Å². The molecule has 0 atom stereocenters. The van der Waals surface area contributed by atoms with Crippen LogP contribution >= 0.6 is 0 Å². The topological polar surface area (TPSA) is 66.0 Å². The predicted octanol–water partition coefficient (Wildman–Crippen LogP) is 2.28. The molecule has 0 aliphatic rings. The Morgan fingerprint density at radius 3 is 2.06 bits per heavy atom. The fourth-order valence-corrected chi connectivity index (χ4v) is 1.44. The second-order valence-electron chi connectivity index (χ2n) is 3.26. The number of nitrogens with one attached hydrogen (secondary N) is 1. The summed E-state index contributed by atoms with van der Waals surface area (Å²) in [5.41, 5.74) is 0.503. The van der Waals surface area contributed by atoms with Gasteiger partial charge in [-0.1, -0.05) is 0 Å². The number of hydrogen-bond acceptors (Lipinski definition) is 5. The van der Waals surface area contributed by atoms with E-state index in [1.807, 2.05) is 0 Å². The van der Waals surface area contributed by atoms with Gasteiger partial charge in [0.25, 0.3) is 0 Å². The molecule has 0 heterocycles. The molecule has 0 aliphatic carbocycles. The quantitative estimate of drug-likeness (QED) is 0.874. The SMILES string of the molecule is CCOC(=O)Nc1cc(OC)c(OC)c(OC)c1. The van der Waals surface area contributed by atoms with E-state index < -0.39 is 6.09 Å². The Balaban J connectivity index is 3.03. The standard InChI is InChI=1S/C12H17NO5/c1-5-18-12(14)13-8-6-9(15-2)11(17-4)10(7-8)16-3/h6-7H,5H2,1-4H3,(H,13,14). The number of methoxy groups -OCH3 is 3. The van der Waals surface area contributed by atoms with Crippen molar-refractivity contribution in [3.05, 3.63) is 12.1 Å². The molecule has 1 aromatic carbocycles. The van der Waals surface area contributed by atoms with Gasteiger partial charge in [-0.05, 0) is 6.92 Å². The number of ether oxygens (including phenoxy) is 4. The Morgan fingerprint density at radius 2 is 1.67 bits per heavy atom. The van der Waals surface area contributed by atoms with Crippen LogP contribution in [-0.2, 0) is 4.74 Å². The van der Waals surface area contributed by atoms with E-state index in [1.54, 1.807) is 19.1 Å².